The first-order valence-corrected chi connectivity index (χ1v) is 6.68. The molecule has 0 atom stereocenters. The molecule has 17 heavy (non-hydrogen) atoms. The molecule has 0 unspecified atom stereocenters. The van der Waals surface area contributed by atoms with Gasteiger partial charge >= 0.3 is 0 Å². The van der Waals surface area contributed by atoms with Crippen molar-refractivity contribution in [1.29, 1.82) is 0 Å². The first kappa shape index (κ1) is 14.0. The van der Waals surface area contributed by atoms with Gasteiger partial charge in [0.05, 0.1) is 6.20 Å². The van der Waals surface area contributed by atoms with Crippen LogP contribution in [-0.4, -0.2) is 42.5 Å². The number of aliphatic hydroxyl groups excluding tert-OH is 1. The SMILES string of the molecule is CCN(CCCO)S(=O)(=O)c1cncc(F)c1. The Morgan fingerprint density at radius 2 is 2.18 bits per heavy atom. The molecule has 0 amide bonds. The van der Waals surface area contributed by atoms with Crippen LogP contribution in [0.2, 0.25) is 0 Å². The highest BCUT2D eigenvalue weighted by Gasteiger charge is 2.23. The lowest BCUT2D eigenvalue weighted by Gasteiger charge is -2.19. The van der Waals surface area contributed by atoms with Crippen LogP contribution in [0.5, 0.6) is 0 Å². The van der Waals surface area contributed by atoms with Gasteiger partial charge in [0.2, 0.25) is 10.0 Å². The Balaban J connectivity index is 3.00. The number of aliphatic hydroxyl groups is 1. The van der Waals surface area contributed by atoms with Gasteiger partial charge in [0, 0.05) is 25.9 Å². The maximum absolute atomic E-state index is 12.9. The van der Waals surface area contributed by atoms with E-state index in [4.69, 9.17) is 5.11 Å². The van der Waals surface area contributed by atoms with E-state index in [1.165, 1.54) is 4.31 Å². The predicted molar refractivity (Wildman–Crippen MR) is 60.3 cm³/mol. The van der Waals surface area contributed by atoms with Crippen molar-refractivity contribution in [3.63, 3.8) is 0 Å². The van der Waals surface area contributed by atoms with E-state index in [1.807, 2.05) is 0 Å². The maximum atomic E-state index is 12.9. The highest BCUT2D eigenvalue weighted by Crippen LogP contribution is 2.15. The fourth-order valence-corrected chi connectivity index (χ4v) is 2.84. The van der Waals surface area contributed by atoms with Crippen molar-refractivity contribution in [2.45, 2.75) is 18.2 Å². The number of pyridine rings is 1. The van der Waals surface area contributed by atoms with E-state index in [9.17, 15) is 12.8 Å². The summed E-state index contributed by atoms with van der Waals surface area (Å²) in [6.07, 6.45) is 2.40. The third-order valence-electron chi connectivity index (χ3n) is 2.24. The molecule has 1 aromatic heterocycles. The number of aromatic nitrogens is 1. The van der Waals surface area contributed by atoms with Crippen molar-refractivity contribution in [3.8, 4) is 0 Å². The van der Waals surface area contributed by atoms with Crippen molar-refractivity contribution >= 4 is 10.0 Å². The van der Waals surface area contributed by atoms with Crippen molar-refractivity contribution in [2.75, 3.05) is 19.7 Å². The van der Waals surface area contributed by atoms with Gasteiger partial charge in [-0.25, -0.2) is 12.8 Å². The Labute approximate surface area is 100.0 Å². The summed E-state index contributed by atoms with van der Waals surface area (Å²) in [5, 5.41) is 8.70. The summed E-state index contributed by atoms with van der Waals surface area (Å²) in [4.78, 5) is 3.35. The molecule has 0 bridgehead atoms. The molecule has 0 spiro atoms. The fraction of sp³-hybridized carbons (Fsp3) is 0.500. The van der Waals surface area contributed by atoms with Gasteiger partial charge in [-0.15, -0.1) is 0 Å². The minimum absolute atomic E-state index is 0.0899. The van der Waals surface area contributed by atoms with Crippen molar-refractivity contribution < 1.29 is 17.9 Å². The Bertz CT molecular complexity index is 464. The van der Waals surface area contributed by atoms with Gasteiger partial charge in [-0.05, 0) is 12.5 Å². The summed E-state index contributed by atoms with van der Waals surface area (Å²) < 4.78 is 38.2. The molecule has 1 heterocycles. The monoisotopic (exact) mass is 262 g/mol. The van der Waals surface area contributed by atoms with Crippen molar-refractivity contribution in [1.82, 2.24) is 9.29 Å². The molecule has 1 rings (SSSR count). The van der Waals surface area contributed by atoms with Crippen LogP contribution in [-0.2, 0) is 10.0 Å². The second kappa shape index (κ2) is 6.04. The third-order valence-corrected chi connectivity index (χ3v) is 4.18. The average molecular weight is 262 g/mol. The highest BCUT2D eigenvalue weighted by molar-refractivity contribution is 7.89. The van der Waals surface area contributed by atoms with Gasteiger partial charge in [-0.3, -0.25) is 4.98 Å². The maximum Gasteiger partial charge on any atom is 0.244 e. The molecule has 0 radical (unpaired) electrons. The topological polar surface area (TPSA) is 70.5 Å². The van der Waals surface area contributed by atoms with Crippen LogP contribution in [0.15, 0.2) is 23.4 Å². The second-order valence-electron chi connectivity index (χ2n) is 3.41. The Morgan fingerprint density at radius 3 is 2.71 bits per heavy atom. The molecule has 1 N–H and O–H groups in total. The molecule has 7 heteroatoms. The van der Waals surface area contributed by atoms with Crippen LogP contribution >= 0.6 is 0 Å². The number of hydrogen-bond acceptors (Lipinski definition) is 4. The summed E-state index contributed by atoms with van der Waals surface area (Å²) >= 11 is 0. The fourth-order valence-electron chi connectivity index (χ4n) is 1.38. The average Bonchev–Trinajstić information content (AvgIpc) is 2.30. The minimum Gasteiger partial charge on any atom is -0.396 e. The zero-order valence-electron chi connectivity index (χ0n) is 9.50. The Morgan fingerprint density at radius 1 is 1.47 bits per heavy atom. The van der Waals surface area contributed by atoms with Crippen molar-refractivity contribution in [2.24, 2.45) is 0 Å². The number of halogens is 1. The summed E-state index contributed by atoms with van der Waals surface area (Å²) in [5.41, 5.74) is 0. The molecule has 0 saturated carbocycles. The van der Waals surface area contributed by atoms with Crippen LogP contribution in [0.3, 0.4) is 0 Å². The standard InChI is InChI=1S/C10H15FN2O3S/c1-2-13(4-3-5-14)17(15,16)10-6-9(11)7-12-8-10/h6-8,14H,2-5H2,1H3. The number of sulfonamides is 1. The van der Waals surface area contributed by atoms with E-state index in [0.717, 1.165) is 18.5 Å². The molecule has 0 aliphatic carbocycles. The largest absolute Gasteiger partial charge is 0.396 e. The zero-order valence-corrected chi connectivity index (χ0v) is 10.3. The molecule has 1 aromatic rings. The molecule has 0 aromatic carbocycles. The summed E-state index contributed by atoms with van der Waals surface area (Å²) in [5.74, 6) is -0.690. The molecular weight excluding hydrogens is 247 g/mol. The molecule has 0 fully saturated rings. The van der Waals surface area contributed by atoms with Crippen LogP contribution < -0.4 is 0 Å². The Kier molecular flexibility index (Phi) is 4.98. The smallest absolute Gasteiger partial charge is 0.244 e. The van der Waals surface area contributed by atoms with Gasteiger partial charge in [-0.2, -0.15) is 4.31 Å². The van der Waals surface area contributed by atoms with E-state index in [2.05, 4.69) is 4.98 Å². The molecule has 0 aliphatic heterocycles. The summed E-state index contributed by atoms with van der Waals surface area (Å²) in [6.45, 7) is 2.06. The molecule has 0 saturated heterocycles. The first-order valence-electron chi connectivity index (χ1n) is 5.24. The third kappa shape index (κ3) is 3.45. The number of hydrogen-bond donors (Lipinski definition) is 1. The number of nitrogens with zero attached hydrogens (tertiary/aromatic N) is 2. The molecule has 96 valence electrons. The lowest BCUT2D eigenvalue weighted by Crippen LogP contribution is -2.32. The highest BCUT2D eigenvalue weighted by atomic mass is 32.2. The normalized spacial score (nSPS) is 12.0. The lowest BCUT2D eigenvalue weighted by molar-refractivity contribution is 0.271. The van der Waals surface area contributed by atoms with Crippen LogP contribution in [0.4, 0.5) is 4.39 Å². The summed E-state index contributed by atoms with van der Waals surface area (Å²) in [6, 6.07) is 0.934. The van der Waals surface area contributed by atoms with E-state index in [-0.39, 0.29) is 24.6 Å². The summed E-state index contributed by atoms with van der Waals surface area (Å²) in [7, 11) is -3.73. The van der Waals surface area contributed by atoms with E-state index in [0.29, 0.717) is 6.42 Å². The van der Waals surface area contributed by atoms with Gasteiger partial charge in [0.25, 0.3) is 0 Å². The van der Waals surface area contributed by atoms with E-state index >= 15 is 0 Å². The van der Waals surface area contributed by atoms with Crippen LogP contribution in [0.25, 0.3) is 0 Å². The van der Waals surface area contributed by atoms with E-state index in [1.54, 1.807) is 6.92 Å². The first-order chi connectivity index (χ1) is 8.02. The van der Waals surface area contributed by atoms with Gasteiger partial charge in [0.15, 0.2) is 0 Å². The quantitative estimate of drug-likeness (QED) is 0.815. The van der Waals surface area contributed by atoms with Gasteiger partial charge in [-0.1, -0.05) is 6.92 Å². The molecule has 5 nitrogen and oxygen atoms in total. The van der Waals surface area contributed by atoms with Gasteiger partial charge < -0.3 is 5.11 Å². The van der Waals surface area contributed by atoms with Crippen LogP contribution in [0, 0.1) is 5.82 Å². The zero-order chi connectivity index (χ0) is 12.9. The van der Waals surface area contributed by atoms with Crippen molar-refractivity contribution in [3.05, 3.63) is 24.3 Å². The number of rotatable bonds is 6. The molecular formula is C10H15FN2O3S. The Hall–Kier alpha value is -1.05. The van der Waals surface area contributed by atoms with E-state index < -0.39 is 15.8 Å². The molecule has 0 aliphatic rings. The second-order valence-corrected chi connectivity index (χ2v) is 5.35. The predicted octanol–water partition coefficient (Wildman–Crippen LogP) is 0.614. The minimum atomic E-state index is -3.73. The lowest BCUT2D eigenvalue weighted by atomic mass is 10.4. The van der Waals surface area contributed by atoms with Crippen LogP contribution in [0.1, 0.15) is 13.3 Å². The van der Waals surface area contributed by atoms with Gasteiger partial charge in [0.1, 0.15) is 10.7 Å².